The Bertz CT molecular complexity index is 880. The lowest BCUT2D eigenvalue weighted by molar-refractivity contribution is -0.384. The summed E-state index contributed by atoms with van der Waals surface area (Å²) in [5.41, 5.74) is 3.46. The van der Waals surface area contributed by atoms with Crippen molar-refractivity contribution in [3.8, 4) is 0 Å². The summed E-state index contributed by atoms with van der Waals surface area (Å²) in [6, 6.07) is 6.07. The molecule has 2 aromatic rings. The van der Waals surface area contributed by atoms with E-state index >= 15 is 0 Å². The molecule has 7 nitrogen and oxygen atoms in total. The highest BCUT2D eigenvalue weighted by Crippen LogP contribution is 2.33. The van der Waals surface area contributed by atoms with Crippen LogP contribution >= 0.6 is 0 Å². The second-order valence-electron chi connectivity index (χ2n) is 4.66. The highest BCUT2D eigenvalue weighted by molar-refractivity contribution is 7.92. The van der Waals surface area contributed by atoms with Gasteiger partial charge in [0.05, 0.1) is 26.8 Å². The van der Waals surface area contributed by atoms with Crippen molar-refractivity contribution in [2.24, 2.45) is 0 Å². The molecule has 2 rings (SSSR count). The Morgan fingerprint density at radius 3 is 2.17 bits per heavy atom. The maximum atomic E-state index is 12.7. The molecule has 0 unspecified atom stereocenters. The summed E-state index contributed by atoms with van der Waals surface area (Å²) in [7, 11) is -4.26. The maximum absolute atomic E-state index is 12.7. The molecule has 3 N–H and O–H groups in total. The summed E-state index contributed by atoms with van der Waals surface area (Å²) in [5, 5.41) is 10.5. The monoisotopic (exact) mass is 361 g/mol. The molecule has 0 spiro atoms. The van der Waals surface area contributed by atoms with E-state index in [-0.39, 0.29) is 16.3 Å². The smallest absolute Gasteiger partial charge is 0.397 e. The first kappa shape index (κ1) is 17.5. The lowest BCUT2D eigenvalue weighted by Gasteiger charge is -2.13. The van der Waals surface area contributed by atoms with Gasteiger partial charge in [0.2, 0.25) is 0 Å². The maximum Gasteiger partial charge on any atom is 0.416 e. The number of alkyl halides is 3. The first-order chi connectivity index (χ1) is 11.0. The van der Waals surface area contributed by atoms with Gasteiger partial charge < -0.3 is 5.73 Å². The van der Waals surface area contributed by atoms with Crippen LogP contribution in [0.3, 0.4) is 0 Å². The summed E-state index contributed by atoms with van der Waals surface area (Å²) in [6.07, 6.45) is -4.67. The molecule has 0 radical (unpaired) electrons. The fourth-order valence-electron chi connectivity index (χ4n) is 1.77. The van der Waals surface area contributed by atoms with Gasteiger partial charge in [-0.15, -0.1) is 0 Å². The lowest BCUT2D eigenvalue weighted by Crippen LogP contribution is -2.15. The minimum Gasteiger partial charge on any atom is -0.397 e. The largest absolute Gasteiger partial charge is 0.416 e. The van der Waals surface area contributed by atoms with Gasteiger partial charge in [-0.05, 0) is 30.3 Å². The molecule has 24 heavy (non-hydrogen) atoms. The summed E-state index contributed by atoms with van der Waals surface area (Å²) in [5.74, 6) is 0. The third-order valence-corrected chi connectivity index (χ3v) is 4.36. The quantitative estimate of drug-likeness (QED) is 0.493. The van der Waals surface area contributed by atoms with Crippen molar-refractivity contribution in [1.82, 2.24) is 0 Å². The molecule has 0 heterocycles. The molecule has 11 heteroatoms. The average Bonchev–Trinajstić information content (AvgIpc) is 2.48. The Labute approximate surface area is 134 Å². The van der Waals surface area contributed by atoms with Gasteiger partial charge in [-0.2, -0.15) is 13.2 Å². The van der Waals surface area contributed by atoms with Crippen LogP contribution in [0.4, 0.5) is 30.2 Å². The third kappa shape index (κ3) is 3.74. The molecule has 0 saturated heterocycles. The number of benzene rings is 2. The number of hydrogen-bond donors (Lipinski definition) is 2. The summed E-state index contributed by atoms with van der Waals surface area (Å²) in [6.45, 7) is 0. The second-order valence-corrected chi connectivity index (χ2v) is 6.34. The number of nitro groups is 1. The van der Waals surface area contributed by atoms with Gasteiger partial charge in [-0.25, -0.2) is 8.42 Å². The molecule has 2 aromatic carbocycles. The minimum atomic E-state index is -4.67. The molecule has 0 saturated carbocycles. The normalized spacial score (nSPS) is 12.0. The number of rotatable bonds is 4. The molecular formula is C13H10F3N3O4S. The van der Waals surface area contributed by atoms with Crippen LogP contribution in [0.2, 0.25) is 0 Å². The number of sulfonamides is 1. The van der Waals surface area contributed by atoms with Crippen molar-refractivity contribution in [3.63, 3.8) is 0 Å². The number of anilines is 2. The van der Waals surface area contributed by atoms with E-state index in [4.69, 9.17) is 5.73 Å². The average molecular weight is 361 g/mol. The highest BCUT2D eigenvalue weighted by atomic mass is 32.2. The van der Waals surface area contributed by atoms with Gasteiger partial charge in [0.15, 0.2) is 0 Å². The molecule has 0 aliphatic carbocycles. The van der Waals surface area contributed by atoms with Crippen LogP contribution in [0, 0.1) is 10.1 Å². The zero-order valence-electron chi connectivity index (χ0n) is 11.7. The van der Waals surface area contributed by atoms with Crippen LogP contribution in [0.5, 0.6) is 0 Å². The second kappa shape index (κ2) is 6.00. The Hall–Kier alpha value is -2.82. The standard InChI is InChI=1S/C13H10F3N3O4S/c14-13(15,16)8-1-6-11(17)12(7-8)18-24(22,23)10-4-2-9(3-5-10)19(20)21/h1-7,18H,17H2. The van der Waals surface area contributed by atoms with E-state index in [2.05, 4.69) is 0 Å². The molecular weight excluding hydrogens is 351 g/mol. The van der Waals surface area contributed by atoms with Crippen molar-refractivity contribution in [3.05, 3.63) is 58.1 Å². The van der Waals surface area contributed by atoms with Gasteiger partial charge in [0.25, 0.3) is 15.7 Å². The van der Waals surface area contributed by atoms with Crippen LogP contribution in [-0.2, 0) is 16.2 Å². The van der Waals surface area contributed by atoms with Crippen molar-refractivity contribution in [2.45, 2.75) is 11.1 Å². The molecule has 0 bridgehead atoms. The lowest BCUT2D eigenvalue weighted by atomic mass is 10.2. The van der Waals surface area contributed by atoms with E-state index in [1.165, 1.54) is 0 Å². The number of nitro benzene ring substituents is 1. The van der Waals surface area contributed by atoms with Crippen molar-refractivity contribution in [1.29, 1.82) is 0 Å². The van der Waals surface area contributed by atoms with E-state index in [1.54, 1.807) is 0 Å². The zero-order chi connectivity index (χ0) is 18.1. The van der Waals surface area contributed by atoms with E-state index in [1.807, 2.05) is 4.72 Å². The number of halogens is 3. The SMILES string of the molecule is Nc1ccc(C(F)(F)F)cc1NS(=O)(=O)c1ccc([N+](=O)[O-])cc1. The van der Waals surface area contributed by atoms with Gasteiger partial charge >= 0.3 is 6.18 Å². The first-order valence-electron chi connectivity index (χ1n) is 6.25. The Morgan fingerprint density at radius 2 is 1.67 bits per heavy atom. The number of nitrogens with zero attached hydrogens (tertiary/aromatic N) is 1. The van der Waals surface area contributed by atoms with Crippen LogP contribution in [0.15, 0.2) is 47.4 Å². The zero-order valence-corrected chi connectivity index (χ0v) is 12.6. The van der Waals surface area contributed by atoms with Gasteiger partial charge in [-0.1, -0.05) is 0 Å². The fraction of sp³-hybridized carbons (Fsp3) is 0.0769. The number of hydrogen-bond acceptors (Lipinski definition) is 5. The third-order valence-electron chi connectivity index (χ3n) is 2.98. The van der Waals surface area contributed by atoms with Crippen LogP contribution < -0.4 is 10.5 Å². The molecule has 0 amide bonds. The van der Waals surface area contributed by atoms with E-state index in [0.29, 0.717) is 6.07 Å². The Morgan fingerprint density at radius 1 is 1.08 bits per heavy atom. The highest BCUT2D eigenvalue weighted by Gasteiger charge is 2.31. The predicted molar refractivity (Wildman–Crippen MR) is 79.8 cm³/mol. The number of nitrogens with one attached hydrogen (secondary N) is 1. The Balaban J connectivity index is 2.37. The summed E-state index contributed by atoms with van der Waals surface area (Å²) < 4.78 is 64.4. The molecule has 0 aromatic heterocycles. The van der Waals surface area contributed by atoms with Gasteiger partial charge in [0, 0.05) is 12.1 Å². The minimum absolute atomic E-state index is 0.200. The van der Waals surface area contributed by atoms with Crippen molar-refractivity contribution < 1.29 is 26.5 Å². The molecule has 0 fully saturated rings. The van der Waals surface area contributed by atoms with Crippen LogP contribution in [0.25, 0.3) is 0 Å². The molecule has 0 aliphatic rings. The van der Waals surface area contributed by atoms with Gasteiger partial charge in [-0.3, -0.25) is 14.8 Å². The fourth-order valence-corrected chi connectivity index (χ4v) is 2.85. The number of nitrogens with two attached hydrogens (primary N) is 1. The van der Waals surface area contributed by atoms with Gasteiger partial charge in [0.1, 0.15) is 0 Å². The first-order valence-corrected chi connectivity index (χ1v) is 7.73. The van der Waals surface area contributed by atoms with Crippen LogP contribution in [0.1, 0.15) is 5.56 Å². The topological polar surface area (TPSA) is 115 Å². The number of non-ortho nitro benzene ring substituents is 1. The predicted octanol–water partition coefficient (Wildman–Crippen LogP) is 3.00. The molecule has 0 aliphatic heterocycles. The van der Waals surface area contributed by atoms with Crippen molar-refractivity contribution in [2.75, 3.05) is 10.5 Å². The molecule has 0 atom stereocenters. The van der Waals surface area contributed by atoms with Crippen LogP contribution in [-0.4, -0.2) is 13.3 Å². The summed E-state index contributed by atoms with van der Waals surface area (Å²) in [4.78, 5) is 9.48. The van der Waals surface area contributed by atoms with Crippen molar-refractivity contribution >= 4 is 27.1 Å². The number of nitrogen functional groups attached to an aromatic ring is 1. The summed E-state index contributed by atoms with van der Waals surface area (Å²) >= 11 is 0. The van der Waals surface area contributed by atoms with E-state index < -0.39 is 32.4 Å². The van der Waals surface area contributed by atoms with E-state index in [9.17, 15) is 31.7 Å². The molecule has 128 valence electrons. The Kier molecular flexibility index (Phi) is 4.38. The van der Waals surface area contributed by atoms with E-state index in [0.717, 1.165) is 36.4 Å².